The van der Waals surface area contributed by atoms with Gasteiger partial charge in [-0.15, -0.1) is 0 Å². The van der Waals surface area contributed by atoms with Gasteiger partial charge in [0, 0.05) is 25.4 Å². The van der Waals surface area contributed by atoms with Crippen LogP contribution in [0.25, 0.3) is 0 Å². The van der Waals surface area contributed by atoms with Crippen LogP contribution >= 0.6 is 0 Å². The van der Waals surface area contributed by atoms with E-state index in [0.29, 0.717) is 0 Å². The zero-order valence-electron chi connectivity index (χ0n) is 11.2. The predicted octanol–water partition coefficient (Wildman–Crippen LogP) is 3.47. The summed E-state index contributed by atoms with van der Waals surface area (Å²) in [4.78, 5) is 0. The van der Waals surface area contributed by atoms with Crippen LogP contribution in [0.3, 0.4) is 0 Å². The molecule has 0 unspecified atom stereocenters. The highest BCUT2D eigenvalue weighted by Crippen LogP contribution is 2.08. The SMILES string of the molecule is CCCn1ccc(NCc2ccc(CC)cc2)n1. The molecule has 0 atom stereocenters. The lowest BCUT2D eigenvalue weighted by molar-refractivity contribution is 0.604. The van der Waals surface area contributed by atoms with Gasteiger partial charge in [0.2, 0.25) is 0 Å². The highest BCUT2D eigenvalue weighted by Gasteiger charge is 1.98. The van der Waals surface area contributed by atoms with Crippen LogP contribution in [0, 0.1) is 0 Å². The Morgan fingerprint density at radius 1 is 1.06 bits per heavy atom. The van der Waals surface area contributed by atoms with Crippen molar-refractivity contribution in [2.45, 2.75) is 39.8 Å². The van der Waals surface area contributed by atoms with E-state index in [0.717, 1.165) is 31.7 Å². The molecule has 96 valence electrons. The number of nitrogens with one attached hydrogen (secondary N) is 1. The maximum atomic E-state index is 4.45. The number of aryl methyl sites for hydroxylation is 2. The summed E-state index contributed by atoms with van der Waals surface area (Å²) >= 11 is 0. The summed E-state index contributed by atoms with van der Waals surface area (Å²) in [6.07, 6.45) is 4.22. The van der Waals surface area contributed by atoms with Crippen molar-refractivity contribution in [3.05, 3.63) is 47.7 Å². The van der Waals surface area contributed by atoms with Gasteiger partial charge in [0.1, 0.15) is 5.82 Å². The largest absolute Gasteiger partial charge is 0.365 e. The first-order chi connectivity index (χ1) is 8.81. The number of anilines is 1. The van der Waals surface area contributed by atoms with Gasteiger partial charge in [0.05, 0.1) is 0 Å². The van der Waals surface area contributed by atoms with Gasteiger partial charge in [-0.25, -0.2) is 0 Å². The number of aromatic nitrogens is 2. The van der Waals surface area contributed by atoms with Crippen molar-refractivity contribution >= 4 is 5.82 Å². The lowest BCUT2D eigenvalue weighted by Gasteiger charge is -2.04. The lowest BCUT2D eigenvalue weighted by Crippen LogP contribution is -2.02. The van der Waals surface area contributed by atoms with E-state index >= 15 is 0 Å². The fourth-order valence-corrected chi connectivity index (χ4v) is 1.90. The molecule has 0 aliphatic heterocycles. The standard InChI is InChI=1S/C15H21N3/c1-3-10-18-11-9-15(17-18)16-12-14-7-5-13(4-2)6-8-14/h5-9,11H,3-4,10,12H2,1-2H3,(H,16,17). The van der Waals surface area contributed by atoms with E-state index in [1.807, 2.05) is 16.9 Å². The summed E-state index contributed by atoms with van der Waals surface area (Å²) in [5.74, 6) is 0.947. The first-order valence-corrected chi connectivity index (χ1v) is 6.67. The fourth-order valence-electron chi connectivity index (χ4n) is 1.90. The van der Waals surface area contributed by atoms with Gasteiger partial charge in [0.15, 0.2) is 0 Å². The smallest absolute Gasteiger partial charge is 0.148 e. The lowest BCUT2D eigenvalue weighted by atomic mass is 10.1. The average molecular weight is 243 g/mol. The molecule has 2 rings (SSSR count). The van der Waals surface area contributed by atoms with E-state index < -0.39 is 0 Å². The Morgan fingerprint density at radius 3 is 2.44 bits per heavy atom. The summed E-state index contributed by atoms with van der Waals surface area (Å²) in [5.41, 5.74) is 2.67. The van der Waals surface area contributed by atoms with Crippen LogP contribution in [-0.4, -0.2) is 9.78 Å². The number of nitrogens with zero attached hydrogens (tertiary/aromatic N) is 2. The molecule has 0 saturated heterocycles. The fraction of sp³-hybridized carbons (Fsp3) is 0.400. The van der Waals surface area contributed by atoms with Gasteiger partial charge in [-0.3, -0.25) is 4.68 Å². The van der Waals surface area contributed by atoms with Crippen molar-refractivity contribution in [2.24, 2.45) is 0 Å². The summed E-state index contributed by atoms with van der Waals surface area (Å²) < 4.78 is 1.97. The van der Waals surface area contributed by atoms with Crippen LogP contribution < -0.4 is 5.32 Å². The Morgan fingerprint density at radius 2 is 1.78 bits per heavy atom. The van der Waals surface area contributed by atoms with Crippen LogP contribution in [0.1, 0.15) is 31.4 Å². The maximum Gasteiger partial charge on any atom is 0.148 e. The van der Waals surface area contributed by atoms with Gasteiger partial charge >= 0.3 is 0 Å². The van der Waals surface area contributed by atoms with Crippen LogP contribution in [0.4, 0.5) is 5.82 Å². The van der Waals surface area contributed by atoms with E-state index in [-0.39, 0.29) is 0 Å². The van der Waals surface area contributed by atoms with Crippen molar-refractivity contribution < 1.29 is 0 Å². The van der Waals surface area contributed by atoms with Crippen LogP contribution in [0.5, 0.6) is 0 Å². The summed E-state index contributed by atoms with van der Waals surface area (Å²) in [6.45, 7) is 6.14. The molecule has 18 heavy (non-hydrogen) atoms. The maximum absolute atomic E-state index is 4.45. The zero-order chi connectivity index (χ0) is 12.8. The molecule has 1 aromatic carbocycles. The Labute approximate surface area is 109 Å². The van der Waals surface area contributed by atoms with E-state index in [2.05, 4.69) is 48.5 Å². The molecule has 0 aliphatic carbocycles. The molecule has 1 aromatic heterocycles. The Balaban J connectivity index is 1.89. The highest BCUT2D eigenvalue weighted by atomic mass is 15.3. The minimum absolute atomic E-state index is 0.827. The number of rotatable bonds is 6. The third-order valence-corrected chi connectivity index (χ3v) is 3.00. The molecule has 1 heterocycles. The second kappa shape index (κ2) is 6.24. The molecule has 2 aromatic rings. The second-order valence-electron chi connectivity index (χ2n) is 4.49. The minimum atomic E-state index is 0.827. The van der Waals surface area contributed by atoms with Crippen molar-refractivity contribution in [3.8, 4) is 0 Å². The quantitative estimate of drug-likeness (QED) is 0.842. The molecule has 0 saturated carbocycles. The van der Waals surface area contributed by atoms with Crippen LogP contribution in [0.15, 0.2) is 36.5 Å². The number of benzene rings is 1. The minimum Gasteiger partial charge on any atom is -0.365 e. The van der Waals surface area contributed by atoms with E-state index in [1.54, 1.807) is 0 Å². The van der Waals surface area contributed by atoms with Crippen molar-refractivity contribution in [1.82, 2.24) is 9.78 Å². The Kier molecular flexibility index (Phi) is 4.40. The summed E-state index contributed by atoms with van der Waals surface area (Å²) in [6, 6.07) is 10.7. The summed E-state index contributed by atoms with van der Waals surface area (Å²) in [5, 5.41) is 7.80. The molecule has 0 aliphatic rings. The molecule has 0 spiro atoms. The topological polar surface area (TPSA) is 29.9 Å². The second-order valence-corrected chi connectivity index (χ2v) is 4.49. The van der Waals surface area contributed by atoms with Crippen molar-refractivity contribution in [1.29, 1.82) is 0 Å². The van der Waals surface area contributed by atoms with Gasteiger partial charge in [0.25, 0.3) is 0 Å². The molecule has 0 amide bonds. The molecular weight excluding hydrogens is 222 g/mol. The predicted molar refractivity (Wildman–Crippen MR) is 75.7 cm³/mol. The van der Waals surface area contributed by atoms with E-state index in [4.69, 9.17) is 0 Å². The molecule has 1 N–H and O–H groups in total. The van der Waals surface area contributed by atoms with E-state index in [1.165, 1.54) is 11.1 Å². The number of hydrogen-bond donors (Lipinski definition) is 1. The van der Waals surface area contributed by atoms with Crippen LogP contribution in [-0.2, 0) is 19.5 Å². The Bertz CT molecular complexity index is 471. The average Bonchev–Trinajstić information content (AvgIpc) is 2.85. The van der Waals surface area contributed by atoms with Crippen molar-refractivity contribution in [2.75, 3.05) is 5.32 Å². The first kappa shape index (κ1) is 12.7. The van der Waals surface area contributed by atoms with E-state index in [9.17, 15) is 0 Å². The van der Waals surface area contributed by atoms with Gasteiger partial charge in [-0.2, -0.15) is 5.10 Å². The molecule has 0 radical (unpaired) electrons. The third-order valence-electron chi connectivity index (χ3n) is 3.00. The highest BCUT2D eigenvalue weighted by molar-refractivity contribution is 5.34. The van der Waals surface area contributed by atoms with Crippen molar-refractivity contribution in [3.63, 3.8) is 0 Å². The third kappa shape index (κ3) is 3.36. The van der Waals surface area contributed by atoms with Gasteiger partial charge in [-0.05, 0) is 24.0 Å². The molecule has 0 bridgehead atoms. The molecule has 3 heteroatoms. The summed E-state index contributed by atoms with van der Waals surface area (Å²) in [7, 11) is 0. The normalized spacial score (nSPS) is 10.6. The molecular formula is C15H21N3. The van der Waals surface area contributed by atoms with Crippen LogP contribution in [0.2, 0.25) is 0 Å². The van der Waals surface area contributed by atoms with Gasteiger partial charge < -0.3 is 5.32 Å². The Hall–Kier alpha value is -1.77. The zero-order valence-corrected chi connectivity index (χ0v) is 11.2. The monoisotopic (exact) mass is 243 g/mol. The molecule has 0 fully saturated rings. The number of hydrogen-bond acceptors (Lipinski definition) is 2. The molecule has 3 nitrogen and oxygen atoms in total. The first-order valence-electron chi connectivity index (χ1n) is 6.67. The van der Waals surface area contributed by atoms with Gasteiger partial charge in [-0.1, -0.05) is 38.1 Å².